The molecule has 0 saturated carbocycles. The molecule has 0 radical (unpaired) electrons. The summed E-state index contributed by atoms with van der Waals surface area (Å²) in [7, 11) is 0. The van der Waals surface area contributed by atoms with Gasteiger partial charge in [-0.1, -0.05) is 155 Å². The first kappa shape index (κ1) is 31.9. The number of carbonyl (C=O) groups excluding carboxylic acids is 2. The number of aliphatic hydroxyl groups is 1. The maximum atomic E-state index is 13.3. The second-order valence-corrected chi connectivity index (χ2v) is 11.8. The van der Waals surface area contributed by atoms with Gasteiger partial charge < -0.3 is 10.0 Å². The number of ketones is 1. The van der Waals surface area contributed by atoms with Crippen molar-refractivity contribution in [3.63, 3.8) is 0 Å². The predicted octanol–water partition coefficient (Wildman–Crippen LogP) is 9.91. The topological polar surface area (TPSA) is 57.6 Å². The molecule has 40 heavy (non-hydrogen) atoms. The molecule has 1 aliphatic heterocycles. The number of hydrogen-bond acceptors (Lipinski definition) is 3. The van der Waals surface area contributed by atoms with E-state index in [4.69, 9.17) is 0 Å². The van der Waals surface area contributed by atoms with Crippen molar-refractivity contribution in [1.29, 1.82) is 0 Å². The van der Waals surface area contributed by atoms with E-state index in [-0.39, 0.29) is 11.4 Å². The van der Waals surface area contributed by atoms with Crippen molar-refractivity contribution in [3.8, 4) is 0 Å². The number of unbranched alkanes of at least 4 members (excludes halogenated alkanes) is 13. The Balaban J connectivity index is 1.49. The van der Waals surface area contributed by atoms with Gasteiger partial charge in [-0.25, -0.2) is 0 Å². The average Bonchev–Trinajstić information content (AvgIpc) is 3.22. The monoisotopic (exact) mass is 607 g/mol. The third kappa shape index (κ3) is 10.1. The minimum Gasteiger partial charge on any atom is -0.503 e. The van der Waals surface area contributed by atoms with Crippen LogP contribution in [0.2, 0.25) is 0 Å². The van der Waals surface area contributed by atoms with Crippen LogP contribution in [0, 0.1) is 0 Å². The van der Waals surface area contributed by atoms with Gasteiger partial charge in [-0.05, 0) is 35.8 Å². The van der Waals surface area contributed by atoms with Crippen LogP contribution in [0.15, 0.2) is 76.5 Å². The smallest absolute Gasteiger partial charge is 0.290 e. The van der Waals surface area contributed by atoms with E-state index in [1.807, 2.05) is 54.6 Å². The van der Waals surface area contributed by atoms with Crippen molar-refractivity contribution in [2.75, 3.05) is 6.54 Å². The number of amides is 1. The normalized spacial score (nSPS) is 15.5. The van der Waals surface area contributed by atoms with Crippen molar-refractivity contribution in [3.05, 3.63) is 87.6 Å². The zero-order valence-electron chi connectivity index (χ0n) is 24.1. The summed E-state index contributed by atoms with van der Waals surface area (Å²) in [6, 6.07) is 16.6. The molecule has 216 valence electrons. The fraction of sp³-hybridized carbons (Fsp3) is 0.486. The number of benzene rings is 2. The highest BCUT2D eigenvalue weighted by molar-refractivity contribution is 9.10. The third-order valence-corrected chi connectivity index (χ3v) is 8.26. The minimum atomic E-state index is -0.588. The van der Waals surface area contributed by atoms with Crippen molar-refractivity contribution in [1.82, 2.24) is 4.90 Å². The summed E-state index contributed by atoms with van der Waals surface area (Å²) < 4.78 is 0.921. The molecule has 2 aromatic carbocycles. The van der Waals surface area contributed by atoms with Gasteiger partial charge in [0.15, 0.2) is 11.5 Å². The zero-order chi connectivity index (χ0) is 28.6. The van der Waals surface area contributed by atoms with E-state index in [1.54, 1.807) is 11.0 Å². The van der Waals surface area contributed by atoms with Crippen LogP contribution < -0.4 is 0 Å². The van der Waals surface area contributed by atoms with Crippen molar-refractivity contribution in [2.45, 2.75) is 103 Å². The van der Waals surface area contributed by atoms with Gasteiger partial charge in [0.2, 0.25) is 0 Å². The summed E-state index contributed by atoms with van der Waals surface area (Å²) in [5, 5.41) is 10.8. The van der Waals surface area contributed by atoms with Crippen LogP contribution in [0.3, 0.4) is 0 Å². The van der Waals surface area contributed by atoms with Crippen LogP contribution >= 0.6 is 15.9 Å². The Kier molecular flexibility index (Phi) is 14.3. The summed E-state index contributed by atoms with van der Waals surface area (Å²) >= 11 is 3.47. The molecule has 1 amide bonds. The Morgan fingerprint density at radius 3 is 1.88 bits per heavy atom. The molecule has 1 heterocycles. The molecular weight excluding hydrogens is 562 g/mol. The standard InChI is InChI=1S/C35H46BrNO3/c1-2-3-4-5-6-7-8-9-10-11-12-13-14-18-27-37-33(29-22-24-30(36)25-23-29)32(34(39)35(37)40)31(38)26-21-28-19-16-15-17-20-28/h15-17,19-26,33,39H,2-14,18,27H2,1H3. The second kappa shape index (κ2) is 17.9. The first-order chi connectivity index (χ1) is 19.5. The number of rotatable bonds is 19. The molecule has 4 nitrogen and oxygen atoms in total. The Morgan fingerprint density at radius 1 is 0.800 bits per heavy atom. The molecule has 0 spiro atoms. The lowest BCUT2D eigenvalue weighted by atomic mass is 9.95. The van der Waals surface area contributed by atoms with Crippen LogP contribution in [0.1, 0.15) is 114 Å². The molecule has 0 fully saturated rings. The maximum absolute atomic E-state index is 13.3. The second-order valence-electron chi connectivity index (χ2n) is 10.9. The molecule has 1 unspecified atom stereocenters. The lowest BCUT2D eigenvalue weighted by molar-refractivity contribution is -0.129. The van der Waals surface area contributed by atoms with Crippen LogP contribution in [-0.4, -0.2) is 28.2 Å². The number of hydrogen-bond donors (Lipinski definition) is 1. The summed E-state index contributed by atoms with van der Waals surface area (Å²) in [6.07, 6.45) is 20.9. The van der Waals surface area contributed by atoms with Gasteiger partial charge in [0.25, 0.3) is 5.91 Å². The molecule has 0 aromatic heterocycles. The minimum absolute atomic E-state index is 0.157. The Labute approximate surface area is 249 Å². The van der Waals surface area contributed by atoms with Gasteiger partial charge in [0, 0.05) is 11.0 Å². The lowest BCUT2D eigenvalue weighted by Crippen LogP contribution is -2.32. The predicted molar refractivity (Wildman–Crippen MR) is 169 cm³/mol. The van der Waals surface area contributed by atoms with E-state index < -0.39 is 17.7 Å². The quantitative estimate of drug-likeness (QED) is 0.128. The molecule has 3 rings (SSSR count). The van der Waals surface area contributed by atoms with E-state index in [9.17, 15) is 14.7 Å². The van der Waals surface area contributed by atoms with Crippen LogP contribution in [0.5, 0.6) is 0 Å². The molecule has 1 N–H and O–H groups in total. The van der Waals surface area contributed by atoms with Crippen LogP contribution in [0.4, 0.5) is 0 Å². The van der Waals surface area contributed by atoms with Gasteiger partial charge in [0.05, 0.1) is 11.6 Å². The number of carbonyl (C=O) groups is 2. The molecule has 1 atom stereocenters. The molecule has 5 heteroatoms. The molecule has 0 saturated heterocycles. The van der Waals surface area contributed by atoms with Gasteiger partial charge >= 0.3 is 0 Å². The number of aliphatic hydroxyl groups excluding tert-OH is 1. The van der Waals surface area contributed by atoms with Gasteiger partial charge in [-0.15, -0.1) is 0 Å². The van der Waals surface area contributed by atoms with Crippen LogP contribution in [0.25, 0.3) is 6.08 Å². The van der Waals surface area contributed by atoms with E-state index in [1.165, 1.54) is 76.7 Å². The summed E-state index contributed by atoms with van der Waals surface area (Å²) in [6.45, 7) is 2.78. The largest absolute Gasteiger partial charge is 0.503 e. The van der Waals surface area contributed by atoms with E-state index in [0.29, 0.717) is 6.54 Å². The molecular formula is C35H46BrNO3. The number of allylic oxidation sites excluding steroid dienone is 1. The number of halogens is 1. The molecule has 2 aromatic rings. The van der Waals surface area contributed by atoms with Crippen molar-refractivity contribution >= 4 is 33.7 Å². The fourth-order valence-electron chi connectivity index (χ4n) is 5.43. The zero-order valence-corrected chi connectivity index (χ0v) is 25.7. The third-order valence-electron chi connectivity index (χ3n) is 7.73. The van der Waals surface area contributed by atoms with Crippen molar-refractivity contribution in [2.24, 2.45) is 0 Å². The van der Waals surface area contributed by atoms with E-state index >= 15 is 0 Å². The summed E-state index contributed by atoms with van der Waals surface area (Å²) in [4.78, 5) is 28.1. The molecule has 0 aliphatic carbocycles. The van der Waals surface area contributed by atoms with Gasteiger partial charge in [-0.2, -0.15) is 0 Å². The highest BCUT2D eigenvalue weighted by atomic mass is 79.9. The Morgan fingerprint density at radius 2 is 1.32 bits per heavy atom. The van der Waals surface area contributed by atoms with Gasteiger partial charge in [0.1, 0.15) is 0 Å². The SMILES string of the molecule is CCCCCCCCCCCCCCCCN1C(=O)C(O)=C(C(=O)C=Cc2ccccc2)C1c1ccc(Br)cc1. The van der Waals surface area contributed by atoms with Gasteiger partial charge in [-0.3, -0.25) is 9.59 Å². The molecule has 1 aliphatic rings. The van der Waals surface area contributed by atoms with E-state index in [0.717, 1.165) is 34.9 Å². The van der Waals surface area contributed by atoms with E-state index in [2.05, 4.69) is 22.9 Å². The highest BCUT2D eigenvalue weighted by Crippen LogP contribution is 2.38. The van der Waals surface area contributed by atoms with Crippen molar-refractivity contribution < 1.29 is 14.7 Å². The average molecular weight is 609 g/mol. The molecule has 0 bridgehead atoms. The highest BCUT2D eigenvalue weighted by Gasteiger charge is 2.42. The first-order valence-electron chi connectivity index (χ1n) is 15.3. The fourth-order valence-corrected chi connectivity index (χ4v) is 5.69. The summed E-state index contributed by atoms with van der Waals surface area (Å²) in [5.74, 6) is -1.23. The lowest BCUT2D eigenvalue weighted by Gasteiger charge is -2.26. The maximum Gasteiger partial charge on any atom is 0.290 e. The summed E-state index contributed by atoms with van der Waals surface area (Å²) in [5.41, 5.74) is 1.87. The first-order valence-corrected chi connectivity index (χ1v) is 16.1. The van der Waals surface area contributed by atoms with Crippen LogP contribution in [-0.2, 0) is 9.59 Å². The number of nitrogens with zero attached hydrogens (tertiary/aromatic N) is 1. The Hall–Kier alpha value is -2.66. The Bertz CT molecular complexity index is 1110.